The first kappa shape index (κ1) is 18.2. The second kappa shape index (κ2) is 7.36. The molecule has 0 aromatic heterocycles. The second-order valence-corrected chi connectivity index (χ2v) is 8.09. The highest BCUT2D eigenvalue weighted by Gasteiger charge is 2.26. The molecule has 1 amide bonds. The Morgan fingerprint density at radius 3 is 2.81 bits per heavy atom. The Morgan fingerprint density at radius 2 is 2.08 bits per heavy atom. The van der Waals surface area contributed by atoms with Crippen LogP contribution in [0.4, 0.5) is 0 Å². The molecule has 0 saturated carbocycles. The van der Waals surface area contributed by atoms with Crippen molar-refractivity contribution in [2.24, 2.45) is 5.92 Å². The van der Waals surface area contributed by atoms with E-state index in [4.69, 9.17) is 14.2 Å². The summed E-state index contributed by atoms with van der Waals surface area (Å²) in [6.45, 7) is 1.89. The number of amides is 1. The molecule has 2 aliphatic heterocycles. The minimum absolute atomic E-state index is 0.0739. The van der Waals surface area contributed by atoms with Crippen molar-refractivity contribution in [3.63, 3.8) is 0 Å². The number of allylic oxidation sites excluding steroid dienone is 1. The standard InChI is InChI=1S/C17H19NO7S/c1-11(25-16(19)7-13-4-5-26(21,22)9-13)17(20)18-8-12-2-3-14-15(6-12)24-10-23-14/h2-6,11,13H,7-10H2,1H3,(H,18,20). The fourth-order valence-electron chi connectivity index (χ4n) is 2.66. The van der Waals surface area contributed by atoms with Gasteiger partial charge in [0.15, 0.2) is 27.4 Å². The van der Waals surface area contributed by atoms with E-state index in [-0.39, 0.29) is 25.5 Å². The zero-order chi connectivity index (χ0) is 18.7. The number of hydrogen-bond donors (Lipinski definition) is 1. The van der Waals surface area contributed by atoms with Crippen LogP contribution in [0.5, 0.6) is 11.5 Å². The van der Waals surface area contributed by atoms with E-state index in [0.29, 0.717) is 11.5 Å². The molecular weight excluding hydrogens is 362 g/mol. The first-order valence-corrected chi connectivity index (χ1v) is 9.80. The molecule has 3 rings (SSSR count). The summed E-state index contributed by atoms with van der Waals surface area (Å²) in [6, 6.07) is 5.33. The molecule has 2 aliphatic rings. The van der Waals surface area contributed by atoms with Gasteiger partial charge < -0.3 is 19.5 Å². The highest BCUT2D eigenvalue weighted by Crippen LogP contribution is 2.32. The lowest BCUT2D eigenvalue weighted by Crippen LogP contribution is -2.35. The number of benzene rings is 1. The largest absolute Gasteiger partial charge is 0.454 e. The summed E-state index contributed by atoms with van der Waals surface area (Å²) < 4.78 is 38.2. The summed E-state index contributed by atoms with van der Waals surface area (Å²) >= 11 is 0. The van der Waals surface area contributed by atoms with Crippen molar-refractivity contribution in [2.75, 3.05) is 12.5 Å². The van der Waals surface area contributed by atoms with Crippen molar-refractivity contribution in [3.05, 3.63) is 35.2 Å². The van der Waals surface area contributed by atoms with E-state index in [2.05, 4.69) is 5.32 Å². The Bertz CT molecular complexity index is 847. The molecule has 0 saturated heterocycles. The van der Waals surface area contributed by atoms with E-state index in [1.807, 2.05) is 0 Å². The molecule has 2 atom stereocenters. The SMILES string of the molecule is CC(OC(=O)CC1C=CS(=O)(=O)C1)C(=O)NCc1ccc2c(c1)OCO2. The molecule has 2 heterocycles. The number of fused-ring (bicyclic) bond motifs is 1. The minimum Gasteiger partial charge on any atom is -0.454 e. The van der Waals surface area contributed by atoms with Crippen molar-refractivity contribution < 1.29 is 32.2 Å². The average molecular weight is 381 g/mol. The number of rotatable bonds is 6. The summed E-state index contributed by atoms with van der Waals surface area (Å²) in [4.78, 5) is 23.9. The number of sulfone groups is 1. The van der Waals surface area contributed by atoms with E-state index in [1.165, 1.54) is 13.0 Å². The molecule has 1 aromatic carbocycles. The molecule has 0 spiro atoms. The third kappa shape index (κ3) is 4.54. The molecule has 9 heteroatoms. The number of ether oxygens (including phenoxy) is 3. The molecule has 0 aliphatic carbocycles. The summed E-state index contributed by atoms with van der Waals surface area (Å²) in [5, 5.41) is 3.78. The first-order valence-electron chi connectivity index (χ1n) is 8.09. The van der Waals surface area contributed by atoms with E-state index >= 15 is 0 Å². The predicted octanol–water partition coefficient (Wildman–Crippen LogP) is 0.912. The molecule has 0 fully saturated rings. The van der Waals surface area contributed by atoms with E-state index < -0.39 is 33.7 Å². The quantitative estimate of drug-likeness (QED) is 0.730. The second-order valence-electron chi connectivity index (χ2n) is 6.16. The van der Waals surface area contributed by atoms with Crippen molar-refractivity contribution in [1.29, 1.82) is 0 Å². The van der Waals surface area contributed by atoms with Gasteiger partial charge in [-0.2, -0.15) is 0 Å². The van der Waals surface area contributed by atoms with Crippen LogP contribution in [0.2, 0.25) is 0 Å². The third-order valence-electron chi connectivity index (χ3n) is 4.01. The van der Waals surface area contributed by atoms with Crippen molar-refractivity contribution in [1.82, 2.24) is 5.32 Å². The van der Waals surface area contributed by atoms with E-state index in [9.17, 15) is 18.0 Å². The van der Waals surface area contributed by atoms with Gasteiger partial charge in [0.1, 0.15) is 0 Å². The van der Waals surface area contributed by atoms with Crippen LogP contribution < -0.4 is 14.8 Å². The lowest BCUT2D eigenvalue weighted by Gasteiger charge is -2.14. The van der Waals surface area contributed by atoms with Crippen LogP contribution in [0.1, 0.15) is 18.9 Å². The van der Waals surface area contributed by atoms with Crippen LogP contribution in [0.3, 0.4) is 0 Å². The third-order valence-corrected chi connectivity index (χ3v) is 5.48. The molecule has 2 unspecified atom stereocenters. The molecule has 0 bridgehead atoms. The molecule has 26 heavy (non-hydrogen) atoms. The van der Waals surface area contributed by atoms with Crippen LogP contribution in [0, 0.1) is 5.92 Å². The van der Waals surface area contributed by atoms with Crippen LogP contribution >= 0.6 is 0 Å². The van der Waals surface area contributed by atoms with Gasteiger partial charge in [-0.05, 0) is 24.6 Å². The summed E-state index contributed by atoms with van der Waals surface area (Å²) in [5.41, 5.74) is 0.822. The van der Waals surface area contributed by atoms with Gasteiger partial charge in [-0.3, -0.25) is 9.59 Å². The van der Waals surface area contributed by atoms with Gasteiger partial charge in [-0.1, -0.05) is 12.1 Å². The van der Waals surface area contributed by atoms with Gasteiger partial charge in [0.2, 0.25) is 6.79 Å². The lowest BCUT2D eigenvalue weighted by atomic mass is 10.1. The fourth-order valence-corrected chi connectivity index (χ4v) is 4.06. The van der Waals surface area contributed by atoms with Crippen molar-refractivity contribution in [2.45, 2.75) is 26.0 Å². The number of carbonyl (C=O) groups excluding carboxylic acids is 2. The number of carbonyl (C=O) groups is 2. The monoisotopic (exact) mass is 381 g/mol. The van der Waals surface area contributed by atoms with Crippen molar-refractivity contribution in [3.8, 4) is 11.5 Å². The molecule has 0 radical (unpaired) electrons. The summed E-state index contributed by atoms with van der Waals surface area (Å²) in [6.07, 6.45) is 0.426. The Kier molecular flexibility index (Phi) is 5.17. The predicted molar refractivity (Wildman–Crippen MR) is 91.0 cm³/mol. The highest BCUT2D eigenvalue weighted by molar-refractivity contribution is 7.94. The van der Waals surface area contributed by atoms with Gasteiger partial charge in [-0.25, -0.2) is 8.42 Å². The first-order chi connectivity index (χ1) is 12.3. The van der Waals surface area contributed by atoms with E-state index in [0.717, 1.165) is 11.0 Å². The van der Waals surface area contributed by atoms with Gasteiger partial charge in [0.25, 0.3) is 5.91 Å². The minimum atomic E-state index is -3.22. The van der Waals surface area contributed by atoms with Crippen LogP contribution in [0.25, 0.3) is 0 Å². The smallest absolute Gasteiger partial charge is 0.307 e. The van der Waals surface area contributed by atoms with Crippen LogP contribution in [-0.4, -0.2) is 38.9 Å². The topological polar surface area (TPSA) is 108 Å². The molecular formula is C17H19NO7S. The maximum atomic E-state index is 12.1. The zero-order valence-electron chi connectivity index (χ0n) is 14.1. The van der Waals surface area contributed by atoms with E-state index in [1.54, 1.807) is 18.2 Å². The van der Waals surface area contributed by atoms with Crippen LogP contribution in [0.15, 0.2) is 29.7 Å². The summed E-state index contributed by atoms with van der Waals surface area (Å²) in [7, 11) is -3.22. The highest BCUT2D eigenvalue weighted by atomic mass is 32.2. The van der Waals surface area contributed by atoms with Crippen molar-refractivity contribution >= 4 is 21.7 Å². The molecule has 1 N–H and O–H groups in total. The Hall–Kier alpha value is -2.55. The fraction of sp³-hybridized carbons (Fsp3) is 0.412. The van der Waals surface area contributed by atoms with Gasteiger partial charge in [0, 0.05) is 17.9 Å². The van der Waals surface area contributed by atoms with Gasteiger partial charge in [-0.15, -0.1) is 0 Å². The van der Waals surface area contributed by atoms with Gasteiger partial charge in [0.05, 0.1) is 12.2 Å². The summed E-state index contributed by atoms with van der Waals surface area (Å²) in [5.74, 6) is -0.280. The number of esters is 1. The van der Waals surface area contributed by atoms with Gasteiger partial charge >= 0.3 is 5.97 Å². The Labute approximate surface area is 151 Å². The Balaban J connectivity index is 1.44. The normalized spacial score (nSPS) is 20.6. The zero-order valence-corrected chi connectivity index (χ0v) is 15.0. The maximum absolute atomic E-state index is 12.1. The number of hydrogen-bond acceptors (Lipinski definition) is 7. The molecule has 1 aromatic rings. The molecule has 140 valence electrons. The average Bonchev–Trinajstić information content (AvgIpc) is 3.17. The Morgan fingerprint density at radius 1 is 1.31 bits per heavy atom. The lowest BCUT2D eigenvalue weighted by molar-refractivity contribution is -0.155. The van der Waals surface area contributed by atoms with Crippen LogP contribution in [-0.2, 0) is 30.7 Å². The molecule has 8 nitrogen and oxygen atoms in total. The number of nitrogens with one attached hydrogen (secondary N) is 1. The maximum Gasteiger partial charge on any atom is 0.307 e.